The molecule has 0 unspecified atom stereocenters. The predicted octanol–water partition coefficient (Wildman–Crippen LogP) is 2.27. The molecule has 3 aliphatic carbocycles. The topological polar surface area (TPSA) is 26.3 Å². The molecule has 1 aliphatic heterocycles. The lowest BCUT2D eigenvalue weighted by Gasteiger charge is -2.61. The molecule has 4 rings (SSSR count). The predicted molar refractivity (Wildman–Crippen MR) is 47.2 cm³/mol. The zero-order valence-electron chi connectivity index (χ0n) is 9.31. The van der Waals surface area contributed by atoms with Gasteiger partial charge in [-0.1, -0.05) is 0 Å². The van der Waals surface area contributed by atoms with Gasteiger partial charge in [0.2, 0.25) is 11.3 Å². The number of halogens is 6. The van der Waals surface area contributed by atoms with Crippen molar-refractivity contribution in [3.8, 4) is 0 Å². The number of hydrogen-bond acceptors (Lipinski definition) is 2. The van der Waals surface area contributed by atoms with Gasteiger partial charge in [0.05, 0.1) is 6.42 Å². The number of fused-ring (bicyclic) bond motifs is 8. The summed E-state index contributed by atoms with van der Waals surface area (Å²) in [6, 6.07) is 0. The van der Waals surface area contributed by atoms with E-state index < -0.39 is 59.4 Å². The number of ether oxygens (including phenoxy) is 1. The lowest BCUT2D eigenvalue weighted by atomic mass is 9.52. The highest BCUT2D eigenvalue weighted by Crippen LogP contribution is 2.82. The van der Waals surface area contributed by atoms with Crippen LogP contribution in [0.4, 0.5) is 26.3 Å². The third kappa shape index (κ3) is 0.765. The van der Waals surface area contributed by atoms with Gasteiger partial charge in [0.1, 0.15) is 6.10 Å². The summed E-state index contributed by atoms with van der Waals surface area (Å²) in [5.41, 5.74) is -7.82. The van der Waals surface area contributed by atoms with E-state index in [0.29, 0.717) is 0 Å². The first-order valence-electron chi connectivity index (χ1n) is 5.93. The summed E-state index contributed by atoms with van der Waals surface area (Å²) in [6.45, 7) is 0. The van der Waals surface area contributed by atoms with Crippen LogP contribution in [0.2, 0.25) is 0 Å². The number of alkyl halides is 6. The first-order chi connectivity index (χ1) is 8.60. The Balaban J connectivity index is 1.87. The molecule has 3 saturated carbocycles. The fourth-order valence-corrected chi connectivity index (χ4v) is 4.63. The minimum absolute atomic E-state index is 0.310. The zero-order valence-corrected chi connectivity index (χ0v) is 9.31. The quantitative estimate of drug-likeness (QED) is 0.504. The molecule has 0 aromatic heterocycles. The molecule has 8 heteroatoms. The summed E-state index contributed by atoms with van der Waals surface area (Å²) < 4.78 is 87.2. The molecule has 1 heterocycles. The van der Waals surface area contributed by atoms with Crippen LogP contribution < -0.4 is 0 Å². The Bertz CT molecular complexity index is 465. The second-order valence-corrected chi connectivity index (χ2v) is 5.84. The summed E-state index contributed by atoms with van der Waals surface area (Å²) in [5.74, 6) is -15.1. The molecule has 0 aromatic rings. The number of esters is 1. The molecule has 106 valence electrons. The molecular weight excluding hydrogens is 278 g/mol. The molecule has 1 saturated heterocycles. The molecule has 2 bridgehead atoms. The van der Waals surface area contributed by atoms with Crippen LogP contribution in [-0.2, 0) is 9.53 Å². The fourth-order valence-electron chi connectivity index (χ4n) is 4.63. The van der Waals surface area contributed by atoms with E-state index in [1.165, 1.54) is 0 Å². The van der Waals surface area contributed by atoms with Crippen LogP contribution in [0.15, 0.2) is 0 Å². The molecule has 4 aliphatic rings. The van der Waals surface area contributed by atoms with Gasteiger partial charge in [0, 0.05) is 17.8 Å². The van der Waals surface area contributed by atoms with Crippen LogP contribution in [0, 0.1) is 17.8 Å². The van der Waals surface area contributed by atoms with Crippen LogP contribution in [0.1, 0.15) is 12.8 Å². The van der Waals surface area contributed by atoms with Crippen LogP contribution >= 0.6 is 0 Å². The van der Waals surface area contributed by atoms with E-state index in [-0.39, 0.29) is 6.42 Å². The summed E-state index contributed by atoms with van der Waals surface area (Å²) in [5, 5.41) is 0. The van der Waals surface area contributed by atoms with E-state index in [4.69, 9.17) is 4.74 Å². The number of rotatable bonds is 0. The molecule has 0 amide bonds. The Morgan fingerprint density at radius 3 is 2.05 bits per heavy atom. The van der Waals surface area contributed by atoms with Gasteiger partial charge in [-0.05, 0) is 6.42 Å². The number of carbonyl (C=O) groups is 1. The van der Waals surface area contributed by atoms with Crippen molar-refractivity contribution in [3.63, 3.8) is 0 Å². The van der Waals surface area contributed by atoms with Gasteiger partial charge >= 0.3 is 17.8 Å². The summed E-state index contributed by atoms with van der Waals surface area (Å²) in [7, 11) is 0. The van der Waals surface area contributed by atoms with Gasteiger partial charge in [-0.25, -0.2) is 8.78 Å². The average Bonchev–Trinajstić information content (AvgIpc) is 2.88. The maximum absolute atomic E-state index is 14.4. The highest BCUT2D eigenvalue weighted by atomic mass is 19.3. The Morgan fingerprint density at radius 2 is 1.47 bits per heavy atom. The second-order valence-electron chi connectivity index (χ2n) is 5.84. The summed E-state index contributed by atoms with van der Waals surface area (Å²) in [6.07, 6.45) is -1.94. The standard InChI is InChI=1S/C11H8F6O2/c12-8-4-2-5(7-3(4)1-6(18)19-7)9(8,13)11(16,17)10(8,14)15/h3-5,7H,1-2H2/t3-,4-,5+,7+,8+,9+/m1/s1. The van der Waals surface area contributed by atoms with Gasteiger partial charge < -0.3 is 4.74 Å². The van der Waals surface area contributed by atoms with E-state index in [1.807, 2.05) is 0 Å². The van der Waals surface area contributed by atoms with Gasteiger partial charge in [-0.3, -0.25) is 4.79 Å². The van der Waals surface area contributed by atoms with Crippen molar-refractivity contribution in [2.45, 2.75) is 42.1 Å². The van der Waals surface area contributed by atoms with E-state index in [0.717, 1.165) is 0 Å². The Labute approximate surface area is 103 Å². The van der Waals surface area contributed by atoms with E-state index >= 15 is 0 Å². The van der Waals surface area contributed by atoms with Crippen molar-refractivity contribution in [2.75, 3.05) is 0 Å². The van der Waals surface area contributed by atoms with Gasteiger partial charge in [0.15, 0.2) is 0 Å². The zero-order chi connectivity index (χ0) is 14.0. The fraction of sp³-hybridized carbons (Fsp3) is 0.909. The van der Waals surface area contributed by atoms with Gasteiger partial charge in [-0.2, -0.15) is 17.6 Å². The van der Waals surface area contributed by atoms with E-state index in [1.54, 1.807) is 0 Å². The number of carbonyl (C=O) groups excluding carboxylic acids is 1. The molecular formula is C11H8F6O2. The smallest absolute Gasteiger partial charge is 0.350 e. The average molecular weight is 286 g/mol. The third-order valence-electron chi connectivity index (χ3n) is 5.37. The van der Waals surface area contributed by atoms with Crippen molar-refractivity contribution in [2.24, 2.45) is 17.8 Å². The molecule has 6 atom stereocenters. The number of hydrogen-bond donors (Lipinski definition) is 0. The van der Waals surface area contributed by atoms with Crippen molar-refractivity contribution < 1.29 is 35.9 Å². The molecule has 0 aromatic carbocycles. The molecule has 2 nitrogen and oxygen atoms in total. The molecule has 0 radical (unpaired) electrons. The Morgan fingerprint density at radius 1 is 0.947 bits per heavy atom. The Hall–Kier alpha value is -0.950. The van der Waals surface area contributed by atoms with Crippen molar-refractivity contribution in [3.05, 3.63) is 0 Å². The van der Waals surface area contributed by atoms with Crippen LogP contribution in [0.5, 0.6) is 0 Å². The van der Waals surface area contributed by atoms with Crippen LogP contribution in [-0.4, -0.2) is 35.3 Å². The van der Waals surface area contributed by atoms with Crippen LogP contribution in [0.3, 0.4) is 0 Å². The minimum atomic E-state index is -5.06. The first-order valence-corrected chi connectivity index (χ1v) is 5.93. The highest BCUT2D eigenvalue weighted by Gasteiger charge is 3.05. The molecule has 4 fully saturated rings. The van der Waals surface area contributed by atoms with Crippen molar-refractivity contribution in [1.29, 1.82) is 0 Å². The molecule has 0 N–H and O–H groups in total. The minimum Gasteiger partial charge on any atom is -0.462 e. The third-order valence-corrected chi connectivity index (χ3v) is 5.37. The maximum Gasteiger partial charge on any atom is 0.350 e. The largest absolute Gasteiger partial charge is 0.462 e. The lowest BCUT2D eigenvalue weighted by Crippen LogP contribution is -2.89. The summed E-state index contributed by atoms with van der Waals surface area (Å²) >= 11 is 0. The SMILES string of the molecule is O=C1C[C@H]2[C@H](O1)[C@@H]1C[C@H]2[C@@]2(F)C(F)(F)C(F)(F)[C@]12F. The molecule has 0 spiro atoms. The highest BCUT2D eigenvalue weighted by molar-refractivity contribution is 5.73. The van der Waals surface area contributed by atoms with Crippen molar-refractivity contribution in [1.82, 2.24) is 0 Å². The Kier molecular flexibility index (Phi) is 1.62. The van der Waals surface area contributed by atoms with E-state index in [9.17, 15) is 31.1 Å². The summed E-state index contributed by atoms with van der Waals surface area (Å²) in [4.78, 5) is 11.1. The normalized spacial score (nSPS) is 59.4. The van der Waals surface area contributed by atoms with Crippen molar-refractivity contribution >= 4 is 5.97 Å². The van der Waals surface area contributed by atoms with Gasteiger partial charge in [0.25, 0.3) is 0 Å². The maximum atomic E-state index is 14.4. The lowest BCUT2D eigenvalue weighted by molar-refractivity contribution is -0.455. The first kappa shape index (κ1) is 11.8. The second kappa shape index (κ2) is 2.61. The monoisotopic (exact) mass is 286 g/mol. The molecule has 19 heavy (non-hydrogen) atoms. The van der Waals surface area contributed by atoms with E-state index in [2.05, 4.69) is 0 Å². The van der Waals surface area contributed by atoms with Crippen LogP contribution in [0.25, 0.3) is 0 Å². The van der Waals surface area contributed by atoms with Gasteiger partial charge in [-0.15, -0.1) is 0 Å².